The van der Waals surface area contributed by atoms with Crippen LogP contribution < -0.4 is 10.1 Å². The van der Waals surface area contributed by atoms with E-state index in [-0.39, 0.29) is 11.8 Å². The highest BCUT2D eigenvalue weighted by Gasteiger charge is 2.19. The smallest absolute Gasteiger partial charge is 0.159 e. The van der Waals surface area contributed by atoms with Gasteiger partial charge in [0.15, 0.2) is 5.78 Å². The zero-order valence-corrected chi connectivity index (χ0v) is 9.69. The van der Waals surface area contributed by atoms with Crippen LogP contribution in [0.2, 0.25) is 0 Å². The monoisotopic (exact) mass is 230 g/mol. The lowest BCUT2D eigenvalue weighted by atomic mass is 10.1. The number of rotatable bonds is 3. The highest BCUT2D eigenvalue weighted by atomic mass is 16.5. The molecule has 4 heteroatoms. The Bertz CT molecular complexity index is 477. The summed E-state index contributed by atoms with van der Waals surface area (Å²) in [5.41, 5.74) is 1.51. The molecule has 1 N–H and O–H groups in total. The lowest BCUT2D eigenvalue weighted by Gasteiger charge is -2.27. The van der Waals surface area contributed by atoms with Crippen molar-refractivity contribution in [2.45, 2.75) is 25.8 Å². The number of benzene rings is 1. The molecule has 2 rings (SSSR count). The zero-order chi connectivity index (χ0) is 12.3. The zero-order valence-electron chi connectivity index (χ0n) is 9.69. The molecule has 0 saturated heterocycles. The Morgan fingerprint density at radius 1 is 1.65 bits per heavy atom. The van der Waals surface area contributed by atoms with E-state index in [1.165, 1.54) is 0 Å². The third kappa shape index (κ3) is 2.56. The molecule has 1 aromatic carbocycles. The minimum absolute atomic E-state index is 0.0359. The number of nitrogens with one attached hydrogen (secondary N) is 1. The van der Waals surface area contributed by atoms with E-state index in [0.29, 0.717) is 18.6 Å². The molecule has 0 aromatic heterocycles. The van der Waals surface area contributed by atoms with Gasteiger partial charge in [-0.05, 0) is 31.5 Å². The van der Waals surface area contributed by atoms with Crippen molar-refractivity contribution in [1.82, 2.24) is 0 Å². The van der Waals surface area contributed by atoms with Crippen molar-refractivity contribution in [2.24, 2.45) is 0 Å². The summed E-state index contributed by atoms with van der Waals surface area (Å²) in [6.07, 6.45) is 1.25. The van der Waals surface area contributed by atoms with Gasteiger partial charge in [0, 0.05) is 12.0 Å². The fourth-order valence-electron chi connectivity index (χ4n) is 1.83. The second-order valence-corrected chi connectivity index (χ2v) is 4.12. The van der Waals surface area contributed by atoms with Crippen LogP contribution >= 0.6 is 0 Å². The third-order valence-electron chi connectivity index (χ3n) is 2.79. The molecule has 88 valence electrons. The number of ketones is 1. The summed E-state index contributed by atoms with van der Waals surface area (Å²) >= 11 is 0. The third-order valence-corrected chi connectivity index (χ3v) is 2.79. The summed E-state index contributed by atoms with van der Waals surface area (Å²) in [5.74, 6) is 0.803. The molecule has 0 saturated carbocycles. The summed E-state index contributed by atoms with van der Waals surface area (Å²) < 4.78 is 5.58. The second-order valence-electron chi connectivity index (χ2n) is 4.12. The molecular weight excluding hydrogens is 216 g/mol. The Morgan fingerprint density at radius 2 is 2.47 bits per heavy atom. The normalized spacial score (nSPS) is 17.3. The van der Waals surface area contributed by atoms with Crippen LogP contribution in [0.5, 0.6) is 5.75 Å². The summed E-state index contributed by atoms with van der Waals surface area (Å²) in [5, 5.41) is 11.8. The number of hydrogen-bond acceptors (Lipinski definition) is 4. The molecule has 1 atom stereocenters. The van der Waals surface area contributed by atoms with Gasteiger partial charge in [0.05, 0.1) is 17.8 Å². The van der Waals surface area contributed by atoms with Gasteiger partial charge < -0.3 is 10.1 Å². The predicted octanol–water partition coefficient (Wildman–Crippen LogP) is 2.37. The molecule has 0 fully saturated rings. The molecule has 0 radical (unpaired) electrons. The van der Waals surface area contributed by atoms with E-state index in [1.807, 2.05) is 0 Å². The number of carbonyl (C=O) groups excluding carboxylic acids is 1. The Morgan fingerprint density at radius 3 is 3.18 bits per heavy atom. The fraction of sp³-hybridized carbons (Fsp3) is 0.385. The van der Waals surface area contributed by atoms with E-state index in [9.17, 15) is 4.79 Å². The van der Waals surface area contributed by atoms with Crippen LogP contribution in [0.15, 0.2) is 18.2 Å². The highest BCUT2D eigenvalue weighted by molar-refractivity contribution is 5.95. The van der Waals surface area contributed by atoms with Crippen molar-refractivity contribution in [3.8, 4) is 11.8 Å². The molecule has 1 aliphatic rings. The van der Waals surface area contributed by atoms with Gasteiger partial charge in [-0.15, -0.1) is 0 Å². The summed E-state index contributed by atoms with van der Waals surface area (Å²) in [6, 6.07) is 7.63. The molecule has 4 nitrogen and oxygen atoms in total. The van der Waals surface area contributed by atoms with Gasteiger partial charge in [-0.3, -0.25) is 4.79 Å². The SMILES string of the molecule is CC(=O)c1ccc2c(c1)NC(CCC#N)CO2. The maximum Gasteiger partial charge on any atom is 0.159 e. The molecule has 0 bridgehead atoms. The number of nitrogens with zero attached hydrogens (tertiary/aromatic N) is 1. The molecule has 1 aliphatic heterocycles. The van der Waals surface area contributed by atoms with E-state index in [1.54, 1.807) is 25.1 Å². The van der Waals surface area contributed by atoms with Gasteiger partial charge >= 0.3 is 0 Å². The number of carbonyl (C=O) groups is 1. The van der Waals surface area contributed by atoms with Gasteiger partial charge in [0.2, 0.25) is 0 Å². The Labute approximate surface area is 100 Å². The molecule has 0 aliphatic carbocycles. The van der Waals surface area contributed by atoms with Gasteiger partial charge in [0.25, 0.3) is 0 Å². The van der Waals surface area contributed by atoms with Gasteiger partial charge in [-0.2, -0.15) is 5.26 Å². The van der Waals surface area contributed by atoms with Crippen LogP contribution in [0.3, 0.4) is 0 Å². The van der Waals surface area contributed by atoms with E-state index >= 15 is 0 Å². The molecule has 1 aromatic rings. The number of fused-ring (bicyclic) bond motifs is 1. The lowest BCUT2D eigenvalue weighted by molar-refractivity contribution is 0.101. The van der Waals surface area contributed by atoms with Crippen LogP contribution in [0.25, 0.3) is 0 Å². The van der Waals surface area contributed by atoms with Crippen LogP contribution in [0, 0.1) is 11.3 Å². The van der Waals surface area contributed by atoms with E-state index in [2.05, 4.69) is 11.4 Å². The molecule has 1 heterocycles. The standard InChI is InChI=1S/C13H14N2O2/c1-9(16)10-4-5-13-12(7-10)15-11(8-17-13)3-2-6-14/h4-5,7,11,15H,2-3,8H2,1H3. The van der Waals surface area contributed by atoms with Crippen molar-refractivity contribution in [2.75, 3.05) is 11.9 Å². The van der Waals surface area contributed by atoms with Crippen LogP contribution in [0.1, 0.15) is 30.1 Å². The lowest BCUT2D eigenvalue weighted by Crippen LogP contribution is -2.31. The number of hydrogen-bond donors (Lipinski definition) is 1. The average Bonchev–Trinajstić information content (AvgIpc) is 2.35. The predicted molar refractivity (Wildman–Crippen MR) is 64.2 cm³/mol. The van der Waals surface area contributed by atoms with Crippen molar-refractivity contribution in [1.29, 1.82) is 5.26 Å². The molecular formula is C13H14N2O2. The van der Waals surface area contributed by atoms with E-state index in [0.717, 1.165) is 17.9 Å². The topological polar surface area (TPSA) is 62.1 Å². The summed E-state index contributed by atoms with van der Waals surface area (Å²) in [4.78, 5) is 11.3. The molecule has 0 spiro atoms. The van der Waals surface area contributed by atoms with E-state index < -0.39 is 0 Å². The quantitative estimate of drug-likeness (QED) is 0.810. The number of anilines is 1. The number of ether oxygens (including phenoxy) is 1. The second kappa shape index (κ2) is 4.88. The Kier molecular flexibility index (Phi) is 3.29. The minimum Gasteiger partial charge on any atom is -0.489 e. The van der Waals surface area contributed by atoms with Crippen molar-refractivity contribution < 1.29 is 9.53 Å². The first kappa shape index (κ1) is 11.5. The first-order chi connectivity index (χ1) is 8.20. The van der Waals surface area contributed by atoms with Crippen LogP contribution in [-0.2, 0) is 0 Å². The van der Waals surface area contributed by atoms with Gasteiger partial charge in [-0.25, -0.2) is 0 Å². The molecule has 17 heavy (non-hydrogen) atoms. The van der Waals surface area contributed by atoms with E-state index in [4.69, 9.17) is 10.00 Å². The largest absolute Gasteiger partial charge is 0.489 e. The van der Waals surface area contributed by atoms with Crippen LogP contribution in [0.4, 0.5) is 5.69 Å². The van der Waals surface area contributed by atoms with Crippen molar-refractivity contribution in [3.05, 3.63) is 23.8 Å². The summed E-state index contributed by atoms with van der Waals surface area (Å²) in [7, 11) is 0. The first-order valence-electron chi connectivity index (χ1n) is 5.62. The Balaban J connectivity index is 2.15. The molecule has 0 amide bonds. The van der Waals surface area contributed by atoms with Crippen molar-refractivity contribution in [3.63, 3.8) is 0 Å². The maximum absolute atomic E-state index is 11.3. The average molecular weight is 230 g/mol. The minimum atomic E-state index is 0.0359. The number of nitriles is 1. The van der Waals surface area contributed by atoms with Crippen LogP contribution in [-0.4, -0.2) is 18.4 Å². The van der Waals surface area contributed by atoms with Gasteiger partial charge in [-0.1, -0.05) is 0 Å². The first-order valence-corrected chi connectivity index (χ1v) is 5.62. The summed E-state index contributed by atoms with van der Waals surface area (Å²) in [6.45, 7) is 2.10. The highest BCUT2D eigenvalue weighted by Crippen LogP contribution is 2.30. The number of Topliss-reactive ketones (excluding diaryl/α,β-unsaturated/α-hetero) is 1. The Hall–Kier alpha value is -2.02. The van der Waals surface area contributed by atoms with Gasteiger partial charge in [0.1, 0.15) is 12.4 Å². The fourth-order valence-corrected chi connectivity index (χ4v) is 1.83. The maximum atomic E-state index is 11.3. The van der Waals surface area contributed by atoms with Crippen molar-refractivity contribution >= 4 is 11.5 Å². The molecule has 1 unspecified atom stereocenters.